The lowest BCUT2D eigenvalue weighted by Crippen LogP contribution is -2.32. The lowest BCUT2D eigenvalue weighted by atomic mass is 10.2. The van der Waals surface area contributed by atoms with Gasteiger partial charge in [0.05, 0.1) is 6.61 Å². The summed E-state index contributed by atoms with van der Waals surface area (Å²) in [6.45, 7) is 0.760. The van der Waals surface area contributed by atoms with Crippen molar-refractivity contribution in [2.24, 2.45) is 5.73 Å². The molecule has 5 heteroatoms. The van der Waals surface area contributed by atoms with E-state index >= 15 is 0 Å². The fraction of sp³-hybridized carbons (Fsp3) is 0.364. The molecule has 1 aromatic rings. The van der Waals surface area contributed by atoms with Crippen LogP contribution >= 0.6 is 0 Å². The van der Waals surface area contributed by atoms with E-state index in [0.29, 0.717) is 18.8 Å². The van der Waals surface area contributed by atoms with E-state index in [1.807, 2.05) is 0 Å². The van der Waals surface area contributed by atoms with Crippen LogP contribution in [-0.4, -0.2) is 30.7 Å². The highest BCUT2D eigenvalue weighted by atomic mass is 16.5. The Morgan fingerprint density at radius 2 is 2.31 bits per heavy atom. The van der Waals surface area contributed by atoms with Crippen LogP contribution in [0.5, 0.6) is 5.75 Å². The van der Waals surface area contributed by atoms with Gasteiger partial charge in [0, 0.05) is 13.1 Å². The van der Waals surface area contributed by atoms with Gasteiger partial charge in [0.1, 0.15) is 5.75 Å². The van der Waals surface area contributed by atoms with Gasteiger partial charge in [-0.1, -0.05) is 12.1 Å². The number of nitrogens with one attached hydrogen (secondary N) is 1. The maximum atomic E-state index is 11.2. The largest absolute Gasteiger partial charge is 0.484 e. The van der Waals surface area contributed by atoms with Crippen LogP contribution in [0, 0.1) is 0 Å². The van der Waals surface area contributed by atoms with Crippen molar-refractivity contribution in [3.63, 3.8) is 0 Å². The first-order chi connectivity index (χ1) is 7.76. The molecule has 0 atom stereocenters. The number of aliphatic hydroxyl groups excluding tert-OH is 1. The van der Waals surface area contributed by atoms with Crippen molar-refractivity contribution in [1.29, 1.82) is 0 Å². The summed E-state index contributed by atoms with van der Waals surface area (Å²) >= 11 is 0. The number of aliphatic hydroxyl groups is 1. The van der Waals surface area contributed by atoms with E-state index in [1.54, 1.807) is 24.3 Å². The second-order valence-corrected chi connectivity index (χ2v) is 3.23. The van der Waals surface area contributed by atoms with Crippen LogP contribution in [0.1, 0.15) is 5.56 Å². The van der Waals surface area contributed by atoms with Gasteiger partial charge in [0.2, 0.25) is 0 Å². The number of carbonyl (C=O) groups is 1. The minimum atomic E-state index is -0.208. The summed E-state index contributed by atoms with van der Waals surface area (Å²) in [5.41, 5.74) is 5.99. The normalized spacial score (nSPS) is 9.88. The molecular formula is C11H16N2O3. The molecule has 0 saturated carbocycles. The van der Waals surface area contributed by atoms with Gasteiger partial charge in [0.15, 0.2) is 6.61 Å². The highest BCUT2D eigenvalue weighted by Gasteiger charge is 2.01. The standard InChI is InChI=1S/C11H16N2O3/c12-4-5-13-11(15)8-16-10-3-1-2-9(6-10)7-14/h1-3,6,14H,4-5,7-8,12H2,(H,13,15). The highest BCUT2D eigenvalue weighted by Crippen LogP contribution is 2.12. The molecule has 0 fully saturated rings. The summed E-state index contributed by atoms with van der Waals surface area (Å²) in [6.07, 6.45) is 0. The molecule has 0 radical (unpaired) electrons. The van der Waals surface area contributed by atoms with Crippen LogP contribution in [0.4, 0.5) is 0 Å². The Morgan fingerprint density at radius 3 is 3.00 bits per heavy atom. The fourth-order valence-corrected chi connectivity index (χ4v) is 1.15. The molecule has 16 heavy (non-hydrogen) atoms. The molecule has 1 amide bonds. The number of amides is 1. The first kappa shape index (κ1) is 12.5. The Bertz CT molecular complexity index is 342. The van der Waals surface area contributed by atoms with Gasteiger partial charge in [-0.3, -0.25) is 4.79 Å². The third-order valence-corrected chi connectivity index (χ3v) is 1.92. The van der Waals surface area contributed by atoms with Crippen LogP contribution in [0.15, 0.2) is 24.3 Å². The summed E-state index contributed by atoms with van der Waals surface area (Å²) in [5, 5.41) is 11.5. The molecule has 0 aromatic heterocycles. The first-order valence-electron chi connectivity index (χ1n) is 5.05. The predicted octanol–water partition coefficient (Wildman–Crippen LogP) is -0.367. The van der Waals surface area contributed by atoms with E-state index in [4.69, 9.17) is 15.6 Å². The second-order valence-electron chi connectivity index (χ2n) is 3.23. The van der Waals surface area contributed by atoms with Crippen LogP contribution in [0.2, 0.25) is 0 Å². The molecule has 4 N–H and O–H groups in total. The van der Waals surface area contributed by atoms with Crippen molar-refractivity contribution < 1.29 is 14.6 Å². The quantitative estimate of drug-likeness (QED) is 0.615. The molecule has 1 rings (SSSR count). The van der Waals surface area contributed by atoms with Gasteiger partial charge in [-0.2, -0.15) is 0 Å². The minimum Gasteiger partial charge on any atom is -0.484 e. The lowest BCUT2D eigenvalue weighted by molar-refractivity contribution is -0.123. The summed E-state index contributed by atoms with van der Waals surface area (Å²) < 4.78 is 5.24. The number of hydrogen-bond donors (Lipinski definition) is 3. The molecule has 0 saturated heterocycles. The molecule has 88 valence electrons. The number of benzene rings is 1. The molecule has 0 aliphatic rings. The summed E-state index contributed by atoms with van der Waals surface area (Å²) in [5.74, 6) is 0.356. The van der Waals surface area contributed by atoms with E-state index in [-0.39, 0.29) is 19.1 Å². The molecule has 1 aromatic carbocycles. The molecule has 0 aliphatic heterocycles. The number of rotatable bonds is 6. The Hall–Kier alpha value is -1.59. The first-order valence-corrected chi connectivity index (χ1v) is 5.05. The Balaban J connectivity index is 2.38. The van der Waals surface area contributed by atoms with E-state index in [0.717, 1.165) is 5.56 Å². The van der Waals surface area contributed by atoms with Crippen LogP contribution in [-0.2, 0) is 11.4 Å². The zero-order chi connectivity index (χ0) is 11.8. The molecule has 0 spiro atoms. The van der Waals surface area contributed by atoms with Crippen LogP contribution in [0.25, 0.3) is 0 Å². The summed E-state index contributed by atoms with van der Waals surface area (Å²) in [7, 11) is 0. The maximum absolute atomic E-state index is 11.2. The van der Waals surface area contributed by atoms with Crippen molar-refractivity contribution in [3.05, 3.63) is 29.8 Å². The zero-order valence-electron chi connectivity index (χ0n) is 8.98. The van der Waals surface area contributed by atoms with Gasteiger partial charge >= 0.3 is 0 Å². The molecule has 0 aliphatic carbocycles. The molecule has 0 unspecified atom stereocenters. The van der Waals surface area contributed by atoms with Crippen molar-refractivity contribution >= 4 is 5.91 Å². The van der Waals surface area contributed by atoms with Gasteiger partial charge in [0.25, 0.3) is 5.91 Å². The maximum Gasteiger partial charge on any atom is 0.257 e. The summed E-state index contributed by atoms with van der Waals surface area (Å²) in [6, 6.07) is 6.96. The number of hydrogen-bond acceptors (Lipinski definition) is 4. The van der Waals surface area contributed by atoms with Gasteiger partial charge < -0.3 is 20.9 Å². The summed E-state index contributed by atoms with van der Waals surface area (Å²) in [4.78, 5) is 11.2. The third kappa shape index (κ3) is 4.29. The SMILES string of the molecule is NCCNC(=O)COc1cccc(CO)c1. The minimum absolute atomic E-state index is 0.0451. The number of nitrogens with two attached hydrogens (primary N) is 1. The third-order valence-electron chi connectivity index (χ3n) is 1.92. The zero-order valence-corrected chi connectivity index (χ0v) is 8.98. The monoisotopic (exact) mass is 224 g/mol. The Kier molecular flexibility index (Phi) is 5.31. The number of ether oxygens (including phenoxy) is 1. The highest BCUT2D eigenvalue weighted by molar-refractivity contribution is 5.77. The predicted molar refractivity (Wildman–Crippen MR) is 59.9 cm³/mol. The average molecular weight is 224 g/mol. The second kappa shape index (κ2) is 6.81. The molecule has 5 nitrogen and oxygen atoms in total. The van der Waals surface area contributed by atoms with Crippen molar-refractivity contribution in [2.45, 2.75) is 6.61 Å². The van der Waals surface area contributed by atoms with Crippen LogP contribution < -0.4 is 15.8 Å². The van der Waals surface area contributed by atoms with E-state index in [2.05, 4.69) is 5.32 Å². The Labute approximate surface area is 94.2 Å². The van der Waals surface area contributed by atoms with Crippen LogP contribution in [0.3, 0.4) is 0 Å². The molecule has 0 bridgehead atoms. The number of carbonyl (C=O) groups excluding carboxylic acids is 1. The Morgan fingerprint density at radius 1 is 1.50 bits per heavy atom. The van der Waals surface area contributed by atoms with E-state index in [1.165, 1.54) is 0 Å². The fourth-order valence-electron chi connectivity index (χ4n) is 1.15. The smallest absolute Gasteiger partial charge is 0.257 e. The van der Waals surface area contributed by atoms with Crippen molar-refractivity contribution in [1.82, 2.24) is 5.32 Å². The topological polar surface area (TPSA) is 84.6 Å². The lowest BCUT2D eigenvalue weighted by Gasteiger charge is -2.07. The van der Waals surface area contributed by atoms with Gasteiger partial charge in [-0.05, 0) is 17.7 Å². The van der Waals surface area contributed by atoms with Gasteiger partial charge in [-0.15, -0.1) is 0 Å². The van der Waals surface area contributed by atoms with Crippen molar-refractivity contribution in [3.8, 4) is 5.75 Å². The van der Waals surface area contributed by atoms with E-state index < -0.39 is 0 Å². The average Bonchev–Trinajstić information content (AvgIpc) is 2.34. The van der Waals surface area contributed by atoms with E-state index in [9.17, 15) is 4.79 Å². The molecule has 0 heterocycles. The molecular weight excluding hydrogens is 208 g/mol. The van der Waals surface area contributed by atoms with Gasteiger partial charge in [-0.25, -0.2) is 0 Å². The van der Waals surface area contributed by atoms with Crippen molar-refractivity contribution in [2.75, 3.05) is 19.7 Å².